The highest BCUT2D eigenvalue weighted by Gasteiger charge is 2.51. The lowest BCUT2D eigenvalue weighted by Crippen LogP contribution is -2.55. The van der Waals surface area contributed by atoms with Gasteiger partial charge < -0.3 is 34.1 Å². The van der Waals surface area contributed by atoms with Gasteiger partial charge in [-0.1, -0.05) is 30.3 Å². The fraction of sp³-hybridized carbons (Fsp3) is 0.514. The van der Waals surface area contributed by atoms with Gasteiger partial charge in [-0.05, 0) is 83.2 Å². The number of nitrogens with one attached hydrogen (secondary N) is 2. The average molecular weight is 709 g/mol. The molecule has 2 N–H and O–H groups in total. The Morgan fingerprint density at radius 1 is 1.02 bits per heavy atom. The smallest absolute Gasteiger partial charge is 0.410 e. The zero-order valence-corrected chi connectivity index (χ0v) is 30.7. The highest BCUT2D eigenvalue weighted by Crippen LogP contribution is 2.49. The van der Waals surface area contributed by atoms with E-state index in [1.165, 1.54) is 14.2 Å². The number of hydrogen-bond donors (Lipinski definition) is 2. The van der Waals surface area contributed by atoms with Gasteiger partial charge >= 0.3 is 18.2 Å². The summed E-state index contributed by atoms with van der Waals surface area (Å²) in [6.45, 7) is 11.8. The van der Waals surface area contributed by atoms with Gasteiger partial charge in [0.15, 0.2) is 6.29 Å². The van der Waals surface area contributed by atoms with E-state index in [-0.39, 0.29) is 25.5 Å². The van der Waals surface area contributed by atoms with Gasteiger partial charge in [-0.25, -0.2) is 23.5 Å². The topological polar surface area (TPSA) is 136 Å². The van der Waals surface area contributed by atoms with Crippen molar-refractivity contribution in [1.82, 2.24) is 24.9 Å². The van der Waals surface area contributed by atoms with Crippen LogP contribution in [0.3, 0.4) is 0 Å². The molecule has 2 aliphatic rings. The van der Waals surface area contributed by atoms with Gasteiger partial charge in [0.05, 0.1) is 24.0 Å². The number of aromatic nitrogens is 2. The number of likely N-dealkylation sites (tertiary alicyclic amines) is 1. The molecule has 1 saturated heterocycles. The molecule has 1 spiro atoms. The predicted molar refractivity (Wildman–Crippen MR) is 188 cm³/mol. The van der Waals surface area contributed by atoms with E-state index in [1.807, 2.05) is 58.0 Å². The van der Waals surface area contributed by atoms with Crippen molar-refractivity contribution in [3.8, 4) is 5.69 Å². The number of ether oxygens (including phenoxy) is 4. The van der Waals surface area contributed by atoms with Gasteiger partial charge in [0, 0.05) is 44.8 Å². The quantitative estimate of drug-likeness (QED) is 0.259. The zero-order chi connectivity index (χ0) is 37.1. The van der Waals surface area contributed by atoms with Crippen LogP contribution in [0.15, 0.2) is 42.5 Å². The van der Waals surface area contributed by atoms with Crippen molar-refractivity contribution in [3.63, 3.8) is 0 Å². The summed E-state index contributed by atoms with van der Waals surface area (Å²) in [4.78, 5) is 43.9. The lowest BCUT2D eigenvalue weighted by atomic mass is 9.70. The first-order valence-corrected chi connectivity index (χ1v) is 17.1. The third-order valence-electron chi connectivity index (χ3n) is 9.45. The first kappa shape index (κ1) is 37.6. The van der Waals surface area contributed by atoms with Crippen LogP contribution < -0.4 is 10.6 Å². The summed E-state index contributed by atoms with van der Waals surface area (Å²) in [5.41, 5.74) is 2.14. The molecular weight excluding hydrogens is 659 g/mol. The number of halogens is 1. The van der Waals surface area contributed by atoms with Crippen LogP contribution in [-0.2, 0) is 31.0 Å². The summed E-state index contributed by atoms with van der Waals surface area (Å²) in [6.07, 6.45) is -0.688. The minimum Gasteiger partial charge on any atom is -0.445 e. The monoisotopic (exact) mass is 708 g/mol. The number of amides is 4. The van der Waals surface area contributed by atoms with Crippen molar-refractivity contribution in [2.24, 2.45) is 0 Å². The Bertz CT molecular complexity index is 1710. The molecule has 3 heterocycles. The molecule has 0 bridgehead atoms. The number of aryl methyl sites for hydroxylation is 2. The van der Waals surface area contributed by atoms with Crippen LogP contribution in [0.4, 0.5) is 24.6 Å². The summed E-state index contributed by atoms with van der Waals surface area (Å²) in [6, 6.07) is 11.6. The zero-order valence-electron chi connectivity index (χ0n) is 30.7. The fourth-order valence-corrected chi connectivity index (χ4v) is 6.72. The highest BCUT2D eigenvalue weighted by molar-refractivity contribution is 5.90. The molecule has 1 fully saturated rings. The van der Waals surface area contributed by atoms with Crippen LogP contribution in [0, 0.1) is 19.7 Å². The van der Waals surface area contributed by atoms with E-state index in [2.05, 4.69) is 10.6 Å². The second kappa shape index (κ2) is 15.3. The molecule has 276 valence electrons. The van der Waals surface area contributed by atoms with Crippen LogP contribution in [-0.4, -0.2) is 90.1 Å². The normalized spacial score (nSPS) is 16.9. The Balaban J connectivity index is 1.59. The highest BCUT2D eigenvalue weighted by atomic mass is 19.1. The third kappa shape index (κ3) is 8.28. The Kier molecular flexibility index (Phi) is 11.3. The fourth-order valence-electron chi connectivity index (χ4n) is 6.72. The van der Waals surface area contributed by atoms with Crippen LogP contribution in [0.25, 0.3) is 5.69 Å². The lowest BCUT2D eigenvalue weighted by Gasteiger charge is -2.48. The van der Waals surface area contributed by atoms with Crippen molar-refractivity contribution in [2.45, 2.75) is 84.3 Å². The summed E-state index contributed by atoms with van der Waals surface area (Å²) in [5.74, 6) is -0.0129. The number of carbonyl (C=O) groups excluding carboxylic acids is 3. The Labute approximate surface area is 298 Å². The number of nitrogens with zero attached hydrogens (tertiary/aromatic N) is 4. The first-order valence-electron chi connectivity index (χ1n) is 17.1. The molecular formula is C37H49FN6O7. The van der Waals surface area contributed by atoms with E-state index >= 15 is 0 Å². The maximum Gasteiger partial charge on any atom is 0.410 e. The molecule has 0 aliphatic carbocycles. The van der Waals surface area contributed by atoms with Gasteiger partial charge in [0.2, 0.25) is 0 Å². The molecule has 4 amide bonds. The minimum atomic E-state index is -0.717. The Morgan fingerprint density at radius 3 is 2.24 bits per heavy atom. The van der Waals surface area contributed by atoms with E-state index in [9.17, 15) is 18.8 Å². The van der Waals surface area contributed by atoms with Crippen molar-refractivity contribution >= 4 is 24.0 Å². The number of anilines is 1. The largest absolute Gasteiger partial charge is 0.445 e. The number of urea groups is 1. The number of benzene rings is 2. The van der Waals surface area contributed by atoms with Crippen LogP contribution in [0.1, 0.15) is 74.5 Å². The molecule has 0 unspecified atom stereocenters. The van der Waals surface area contributed by atoms with Crippen LogP contribution >= 0.6 is 0 Å². The molecule has 5 rings (SSSR count). The van der Waals surface area contributed by atoms with E-state index in [0.717, 1.165) is 5.56 Å². The van der Waals surface area contributed by atoms with Crippen molar-refractivity contribution in [1.29, 1.82) is 0 Å². The van der Waals surface area contributed by atoms with Gasteiger partial charge in [-0.2, -0.15) is 5.10 Å². The van der Waals surface area contributed by atoms with Crippen LogP contribution in [0.5, 0.6) is 0 Å². The first-order chi connectivity index (χ1) is 24.2. The molecule has 3 aromatic rings. The number of methoxy groups -OCH3 is 2. The Hall–Kier alpha value is -4.69. The maximum absolute atomic E-state index is 14.9. The molecule has 0 radical (unpaired) electrons. The molecule has 13 nitrogen and oxygen atoms in total. The molecule has 1 atom stereocenters. The molecule has 2 aliphatic heterocycles. The summed E-state index contributed by atoms with van der Waals surface area (Å²) < 4.78 is 38.4. The second-order valence-corrected chi connectivity index (χ2v) is 14.2. The Morgan fingerprint density at radius 2 is 1.65 bits per heavy atom. The number of rotatable bonds is 8. The van der Waals surface area contributed by atoms with Crippen LogP contribution in [0.2, 0.25) is 0 Å². The minimum absolute atomic E-state index is 0.0574. The molecule has 2 aromatic carbocycles. The van der Waals surface area contributed by atoms with Crippen molar-refractivity contribution in [2.75, 3.05) is 45.7 Å². The second-order valence-electron chi connectivity index (χ2n) is 14.2. The standard InChI is InChI=1S/C37H49FN6O7/c1-23-18-27(19-24(2)30(23)38)44-32(40-33(45)39-20-28(48-7)49-8)29-25(3)43(35(47)50-21-26-12-10-9-11-13-26)22-37(31(29)41-44)14-16-42(17-15-37)34(46)51-36(4,5)6/h9-13,18-19,25,28H,14-17,20-22H2,1-8H3,(H2,39,40,45)/t25-/m0/s1. The van der Waals surface area contributed by atoms with Crippen molar-refractivity contribution in [3.05, 3.63) is 76.2 Å². The van der Waals surface area contributed by atoms with E-state index in [1.54, 1.807) is 40.5 Å². The SMILES string of the molecule is COC(CNC(=O)Nc1c2c(nn1-c1cc(C)c(F)c(C)c1)C1(CCN(C(=O)OC(C)(C)C)CC1)CN(C(=O)OCc1ccccc1)[C@H]2C)OC. The van der Waals surface area contributed by atoms with Gasteiger partial charge in [-0.3, -0.25) is 5.32 Å². The van der Waals surface area contributed by atoms with Gasteiger partial charge in [0.25, 0.3) is 0 Å². The van der Waals surface area contributed by atoms with E-state index in [4.69, 9.17) is 24.0 Å². The molecule has 0 saturated carbocycles. The third-order valence-corrected chi connectivity index (χ3v) is 9.45. The number of hydrogen-bond acceptors (Lipinski definition) is 8. The van der Waals surface area contributed by atoms with Gasteiger partial charge in [-0.15, -0.1) is 0 Å². The van der Waals surface area contributed by atoms with Gasteiger partial charge in [0.1, 0.15) is 23.8 Å². The number of carbonyl (C=O) groups is 3. The van der Waals surface area contributed by atoms with E-state index < -0.39 is 41.6 Å². The predicted octanol–water partition coefficient (Wildman–Crippen LogP) is 6.35. The molecule has 51 heavy (non-hydrogen) atoms. The summed E-state index contributed by atoms with van der Waals surface area (Å²) in [7, 11) is 2.94. The molecule has 14 heteroatoms. The lowest BCUT2D eigenvalue weighted by molar-refractivity contribution is -0.0970. The summed E-state index contributed by atoms with van der Waals surface area (Å²) >= 11 is 0. The number of fused-ring (bicyclic) bond motifs is 2. The average Bonchev–Trinajstić information content (AvgIpc) is 3.48. The molecule has 1 aromatic heterocycles. The van der Waals surface area contributed by atoms with E-state index in [0.29, 0.717) is 59.8 Å². The van der Waals surface area contributed by atoms with Crippen molar-refractivity contribution < 1.29 is 37.7 Å². The summed E-state index contributed by atoms with van der Waals surface area (Å²) in [5, 5.41) is 10.9. The maximum atomic E-state index is 14.9. The number of piperidine rings is 1.